The molecule has 1 aliphatic carbocycles. The molecule has 4 rings (SSSR count). The van der Waals surface area contributed by atoms with E-state index in [-0.39, 0.29) is 23.9 Å². The van der Waals surface area contributed by atoms with Gasteiger partial charge in [0.25, 0.3) is 5.56 Å². The lowest BCUT2D eigenvalue weighted by molar-refractivity contribution is -0.121. The van der Waals surface area contributed by atoms with Crippen LogP contribution >= 0.6 is 11.3 Å². The Morgan fingerprint density at radius 1 is 1.30 bits per heavy atom. The predicted molar refractivity (Wildman–Crippen MR) is 106 cm³/mol. The standard InChI is InChI=1S/C20H22N4O2S/c1-13(14-6-9-21-10-7-14)23-17(25)8-11-24-12-22-19-18(20(24)26)15-4-2-3-5-16(15)27-19/h6-7,9-10,12-13H,2-5,8,11H2,1H3,(H,23,25). The summed E-state index contributed by atoms with van der Waals surface area (Å²) in [5, 5.41) is 3.73. The van der Waals surface area contributed by atoms with Gasteiger partial charge in [0.05, 0.1) is 17.8 Å². The largest absolute Gasteiger partial charge is 0.350 e. The van der Waals surface area contributed by atoms with E-state index < -0.39 is 0 Å². The predicted octanol–water partition coefficient (Wildman–Crippen LogP) is 3.00. The summed E-state index contributed by atoms with van der Waals surface area (Å²) >= 11 is 1.64. The van der Waals surface area contributed by atoms with E-state index in [4.69, 9.17) is 0 Å². The molecule has 3 heterocycles. The van der Waals surface area contributed by atoms with E-state index in [0.29, 0.717) is 6.54 Å². The van der Waals surface area contributed by atoms with Crippen molar-refractivity contribution in [1.82, 2.24) is 19.9 Å². The zero-order chi connectivity index (χ0) is 18.8. The Morgan fingerprint density at radius 3 is 2.89 bits per heavy atom. The fraction of sp³-hybridized carbons (Fsp3) is 0.400. The molecule has 1 atom stereocenters. The Hall–Kier alpha value is -2.54. The Kier molecular flexibility index (Phi) is 5.03. The SMILES string of the molecule is CC(NC(=O)CCn1cnc2sc3c(c2c1=O)CCCC3)c1ccncc1. The molecule has 1 unspecified atom stereocenters. The van der Waals surface area contributed by atoms with Crippen LogP contribution in [0.2, 0.25) is 0 Å². The van der Waals surface area contributed by atoms with Crippen LogP contribution < -0.4 is 10.9 Å². The van der Waals surface area contributed by atoms with Crippen molar-refractivity contribution in [2.24, 2.45) is 0 Å². The second kappa shape index (κ2) is 7.60. The lowest BCUT2D eigenvalue weighted by atomic mass is 9.97. The van der Waals surface area contributed by atoms with Gasteiger partial charge in [-0.15, -0.1) is 11.3 Å². The monoisotopic (exact) mass is 382 g/mol. The van der Waals surface area contributed by atoms with Crippen molar-refractivity contribution < 1.29 is 4.79 Å². The highest BCUT2D eigenvalue weighted by Crippen LogP contribution is 2.33. The lowest BCUT2D eigenvalue weighted by Crippen LogP contribution is -2.29. The van der Waals surface area contributed by atoms with Crippen molar-refractivity contribution in [3.63, 3.8) is 0 Å². The average Bonchev–Trinajstić information content (AvgIpc) is 3.07. The molecule has 0 aliphatic heterocycles. The Bertz CT molecular complexity index is 1030. The molecule has 3 aromatic rings. The molecule has 0 radical (unpaired) electrons. The first-order chi connectivity index (χ1) is 13.1. The lowest BCUT2D eigenvalue weighted by Gasteiger charge is -2.14. The number of nitrogens with one attached hydrogen (secondary N) is 1. The van der Waals surface area contributed by atoms with Crippen LogP contribution in [0.25, 0.3) is 10.2 Å². The third-order valence-corrected chi connectivity index (χ3v) is 6.30. The van der Waals surface area contributed by atoms with Crippen molar-refractivity contribution >= 4 is 27.5 Å². The fourth-order valence-electron chi connectivity index (χ4n) is 3.61. The molecule has 0 fully saturated rings. The van der Waals surface area contributed by atoms with E-state index in [1.165, 1.54) is 16.9 Å². The van der Waals surface area contributed by atoms with Crippen LogP contribution in [0.3, 0.4) is 0 Å². The molecule has 0 spiro atoms. The number of rotatable bonds is 5. The highest BCUT2D eigenvalue weighted by Gasteiger charge is 2.20. The molecule has 1 amide bonds. The number of amides is 1. The number of pyridine rings is 1. The number of carbonyl (C=O) groups is 1. The first-order valence-electron chi connectivity index (χ1n) is 9.32. The van der Waals surface area contributed by atoms with Gasteiger partial charge < -0.3 is 5.32 Å². The van der Waals surface area contributed by atoms with Crippen LogP contribution in [-0.4, -0.2) is 20.4 Å². The molecule has 1 N–H and O–H groups in total. The average molecular weight is 382 g/mol. The van der Waals surface area contributed by atoms with Gasteiger partial charge in [0.1, 0.15) is 4.83 Å². The van der Waals surface area contributed by atoms with Gasteiger partial charge >= 0.3 is 0 Å². The fourth-order valence-corrected chi connectivity index (χ4v) is 4.83. The molecule has 3 aromatic heterocycles. The van der Waals surface area contributed by atoms with E-state index in [1.54, 1.807) is 34.6 Å². The van der Waals surface area contributed by atoms with Crippen molar-refractivity contribution in [3.8, 4) is 0 Å². The molecule has 27 heavy (non-hydrogen) atoms. The molecule has 7 heteroatoms. The first-order valence-corrected chi connectivity index (χ1v) is 10.1. The Morgan fingerprint density at radius 2 is 2.07 bits per heavy atom. The molecule has 140 valence electrons. The van der Waals surface area contributed by atoms with E-state index in [2.05, 4.69) is 15.3 Å². The van der Waals surface area contributed by atoms with E-state index >= 15 is 0 Å². The van der Waals surface area contributed by atoms with Crippen LogP contribution in [0, 0.1) is 0 Å². The zero-order valence-corrected chi connectivity index (χ0v) is 16.1. The number of fused-ring (bicyclic) bond motifs is 3. The summed E-state index contributed by atoms with van der Waals surface area (Å²) < 4.78 is 1.57. The molecule has 0 aromatic carbocycles. The van der Waals surface area contributed by atoms with Gasteiger partial charge in [-0.3, -0.25) is 19.1 Å². The van der Waals surface area contributed by atoms with Gasteiger partial charge in [-0.1, -0.05) is 0 Å². The molecule has 1 aliphatic rings. The van der Waals surface area contributed by atoms with Crippen LogP contribution in [0.1, 0.15) is 48.2 Å². The van der Waals surface area contributed by atoms with Gasteiger partial charge in [-0.05, 0) is 55.9 Å². The van der Waals surface area contributed by atoms with Crippen LogP contribution in [-0.2, 0) is 24.2 Å². The highest BCUT2D eigenvalue weighted by molar-refractivity contribution is 7.18. The summed E-state index contributed by atoms with van der Waals surface area (Å²) in [6.07, 6.45) is 9.55. The van der Waals surface area contributed by atoms with Crippen LogP contribution in [0.5, 0.6) is 0 Å². The zero-order valence-electron chi connectivity index (χ0n) is 15.3. The number of aromatic nitrogens is 3. The van der Waals surface area contributed by atoms with Gasteiger partial charge in [0.15, 0.2) is 0 Å². The van der Waals surface area contributed by atoms with Crippen molar-refractivity contribution in [1.29, 1.82) is 0 Å². The smallest absolute Gasteiger partial charge is 0.262 e. The number of hydrogen-bond donors (Lipinski definition) is 1. The maximum atomic E-state index is 12.9. The maximum Gasteiger partial charge on any atom is 0.262 e. The topological polar surface area (TPSA) is 76.9 Å². The molecular formula is C20H22N4O2S. The van der Waals surface area contributed by atoms with Gasteiger partial charge in [-0.2, -0.15) is 0 Å². The maximum absolute atomic E-state index is 12.9. The highest BCUT2D eigenvalue weighted by atomic mass is 32.1. The Balaban J connectivity index is 1.47. The molecule has 0 bridgehead atoms. The van der Waals surface area contributed by atoms with Crippen LogP contribution in [0.4, 0.5) is 0 Å². The summed E-state index contributed by atoms with van der Waals surface area (Å²) in [5.41, 5.74) is 2.17. The Labute approximate surface area is 161 Å². The number of nitrogens with zero attached hydrogens (tertiary/aromatic N) is 3. The molecule has 6 nitrogen and oxygen atoms in total. The van der Waals surface area contributed by atoms with Gasteiger partial charge in [-0.25, -0.2) is 4.98 Å². The summed E-state index contributed by atoms with van der Waals surface area (Å²) in [7, 11) is 0. The summed E-state index contributed by atoms with van der Waals surface area (Å²) in [6, 6.07) is 3.67. The number of carbonyl (C=O) groups excluding carboxylic acids is 1. The van der Waals surface area contributed by atoms with Crippen molar-refractivity contribution in [3.05, 3.63) is 57.2 Å². The normalized spacial score (nSPS) is 14.7. The minimum absolute atomic E-state index is 0.0191. The summed E-state index contributed by atoms with van der Waals surface area (Å²) in [5.74, 6) is -0.0846. The second-order valence-corrected chi connectivity index (χ2v) is 8.04. The first kappa shape index (κ1) is 17.9. The van der Waals surface area contributed by atoms with E-state index in [1.807, 2.05) is 19.1 Å². The van der Waals surface area contributed by atoms with Gasteiger partial charge in [0, 0.05) is 30.2 Å². The van der Waals surface area contributed by atoms with Crippen molar-refractivity contribution in [2.75, 3.05) is 0 Å². The number of aryl methyl sites for hydroxylation is 3. The third-order valence-electron chi connectivity index (χ3n) is 5.11. The van der Waals surface area contributed by atoms with Crippen molar-refractivity contribution in [2.45, 2.75) is 51.6 Å². The number of hydrogen-bond acceptors (Lipinski definition) is 5. The minimum Gasteiger partial charge on any atom is -0.350 e. The second-order valence-electron chi connectivity index (χ2n) is 6.95. The van der Waals surface area contributed by atoms with E-state index in [9.17, 15) is 9.59 Å². The molecule has 0 saturated carbocycles. The van der Waals surface area contributed by atoms with Gasteiger partial charge in [0.2, 0.25) is 5.91 Å². The quantitative estimate of drug-likeness (QED) is 0.736. The van der Waals surface area contributed by atoms with E-state index in [0.717, 1.165) is 35.0 Å². The minimum atomic E-state index is -0.0956. The van der Waals surface area contributed by atoms with Crippen LogP contribution in [0.15, 0.2) is 35.6 Å². The third kappa shape index (κ3) is 3.64. The molecular weight excluding hydrogens is 360 g/mol. The summed E-state index contributed by atoms with van der Waals surface area (Å²) in [4.78, 5) is 35.8. The number of thiophene rings is 1. The molecule has 0 saturated heterocycles. The summed E-state index contributed by atoms with van der Waals surface area (Å²) in [6.45, 7) is 2.27.